The molecule has 5 heteroatoms. The highest BCUT2D eigenvalue weighted by Crippen LogP contribution is 2.23. The molecular formula is C27H29N3O2. The first kappa shape index (κ1) is 21.8. The van der Waals surface area contributed by atoms with Gasteiger partial charge in [-0.15, -0.1) is 0 Å². The number of aromatic nitrogens is 1. The quantitative estimate of drug-likeness (QED) is 0.599. The van der Waals surface area contributed by atoms with E-state index in [4.69, 9.17) is 4.74 Å². The van der Waals surface area contributed by atoms with Crippen molar-refractivity contribution in [2.75, 3.05) is 31.6 Å². The van der Waals surface area contributed by atoms with Gasteiger partial charge >= 0.3 is 0 Å². The summed E-state index contributed by atoms with van der Waals surface area (Å²) < 4.78 is 5.35. The third-order valence-corrected chi connectivity index (χ3v) is 5.97. The molecule has 5 nitrogen and oxygen atoms in total. The molecule has 1 saturated heterocycles. The lowest BCUT2D eigenvalue weighted by Crippen LogP contribution is -2.40. The number of amides is 1. The molecule has 1 aliphatic heterocycles. The maximum absolute atomic E-state index is 12.8. The average molecular weight is 428 g/mol. The summed E-state index contributed by atoms with van der Waals surface area (Å²) in [4.78, 5) is 19.2. The first-order valence-electron chi connectivity index (χ1n) is 11.0. The number of hydrogen-bond acceptors (Lipinski definition) is 4. The minimum Gasteiger partial charge on any atom is -0.378 e. The Kier molecular flexibility index (Phi) is 6.66. The van der Waals surface area contributed by atoms with Gasteiger partial charge in [-0.1, -0.05) is 30.3 Å². The molecule has 0 unspecified atom stereocenters. The molecule has 0 spiro atoms. The van der Waals surface area contributed by atoms with Crippen molar-refractivity contribution in [1.29, 1.82) is 0 Å². The summed E-state index contributed by atoms with van der Waals surface area (Å²) in [6.07, 6.45) is 3.83. The number of anilines is 1. The Hall–Kier alpha value is -3.44. The lowest BCUT2D eigenvalue weighted by atomic mass is 9.98. The van der Waals surface area contributed by atoms with E-state index in [2.05, 4.69) is 49.3 Å². The van der Waals surface area contributed by atoms with Gasteiger partial charge in [0.1, 0.15) is 5.82 Å². The molecule has 4 rings (SSSR count). The van der Waals surface area contributed by atoms with Gasteiger partial charge in [0, 0.05) is 36.6 Å². The fourth-order valence-electron chi connectivity index (χ4n) is 3.87. The lowest BCUT2D eigenvalue weighted by Gasteiger charge is -2.27. The van der Waals surface area contributed by atoms with Crippen LogP contribution in [0.2, 0.25) is 0 Å². The number of carbonyl (C=O) groups excluding carboxylic acids is 1. The molecule has 1 fully saturated rings. The summed E-state index contributed by atoms with van der Waals surface area (Å²) in [5.74, 6) is 0.826. The van der Waals surface area contributed by atoms with Gasteiger partial charge in [-0.25, -0.2) is 4.98 Å². The van der Waals surface area contributed by atoms with Crippen LogP contribution in [0.25, 0.3) is 16.7 Å². The molecule has 0 aliphatic carbocycles. The molecule has 0 bridgehead atoms. The highest BCUT2D eigenvalue weighted by molar-refractivity contribution is 5.95. The summed E-state index contributed by atoms with van der Waals surface area (Å²) in [6, 6.07) is 18.1. The smallest absolute Gasteiger partial charge is 0.254 e. The standard InChI is InChI=1S/C27H29N3O2/c1-19-6-4-9-25(21(19)3)20(2)17-28-26-11-10-24(18-29-26)22-7-5-8-23(16-22)27(31)30-12-14-32-15-13-30/h4-11,16-18H,12-15H2,1-3H3,(H,28,29)/b20-17+. The van der Waals surface area contributed by atoms with Crippen LogP contribution in [0, 0.1) is 13.8 Å². The molecule has 0 saturated carbocycles. The molecule has 0 atom stereocenters. The van der Waals surface area contributed by atoms with Crippen molar-refractivity contribution in [2.45, 2.75) is 20.8 Å². The number of aryl methyl sites for hydroxylation is 1. The van der Waals surface area contributed by atoms with Crippen LogP contribution in [0.15, 0.2) is 67.0 Å². The van der Waals surface area contributed by atoms with Crippen LogP contribution in [0.5, 0.6) is 0 Å². The number of benzene rings is 2. The third kappa shape index (κ3) is 4.89. The molecule has 1 aromatic heterocycles. The number of allylic oxidation sites excluding steroid dienone is 1. The fourth-order valence-corrected chi connectivity index (χ4v) is 3.87. The average Bonchev–Trinajstić information content (AvgIpc) is 2.84. The molecule has 32 heavy (non-hydrogen) atoms. The number of carbonyl (C=O) groups is 1. The van der Waals surface area contributed by atoms with E-state index in [1.807, 2.05) is 53.7 Å². The summed E-state index contributed by atoms with van der Waals surface area (Å²) in [7, 11) is 0. The molecule has 1 aliphatic rings. The second kappa shape index (κ2) is 9.79. The van der Waals surface area contributed by atoms with Crippen LogP contribution >= 0.6 is 0 Å². The Morgan fingerprint density at radius 2 is 1.81 bits per heavy atom. The number of nitrogens with one attached hydrogen (secondary N) is 1. The minimum atomic E-state index is 0.0495. The predicted molar refractivity (Wildman–Crippen MR) is 130 cm³/mol. The van der Waals surface area contributed by atoms with Gasteiger partial charge < -0.3 is 15.0 Å². The van der Waals surface area contributed by atoms with Gasteiger partial charge in [-0.3, -0.25) is 4.79 Å². The third-order valence-electron chi connectivity index (χ3n) is 5.97. The van der Waals surface area contributed by atoms with E-state index in [1.54, 1.807) is 0 Å². The van der Waals surface area contributed by atoms with Crippen molar-refractivity contribution in [3.05, 3.63) is 89.2 Å². The Labute approximate surface area is 189 Å². The second-order valence-corrected chi connectivity index (χ2v) is 8.14. The van der Waals surface area contributed by atoms with Crippen LogP contribution in [-0.4, -0.2) is 42.1 Å². The minimum absolute atomic E-state index is 0.0495. The highest BCUT2D eigenvalue weighted by Gasteiger charge is 2.18. The van der Waals surface area contributed by atoms with Crippen LogP contribution in [0.4, 0.5) is 5.82 Å². The largest absolute Gasteiger partial charge is 0.378 e. The number of rotatable bonds is 5. The topological polar surface area (TPSA) is 54.5 Å². The monoisotopic (exact) mass is 427 g/mol. The zero-order valence-corrected chi connectivity index (χ0v) is 18.9. The molecule has 2 heterocycles. The maximum atomic E-state index is 12.8. The first-order chi connectivity index (χ1) is 15.5. The molecule has 164 valence electrons. The predicted octanol–water partition coefficient (Wildman–Crippen LogP) is 5.31. The van der Waals surface area contributed by atoms with Crippen molar-refractivity contribution >= 4 is 17.3 Å². The van der Waals surface area contributed by atoms with Crippen LogP contribution in [0.1, 0.15) is 34.0 Å². The van der Waals surface area contributed by atoms with Crippen molar-refractivity contribution in [1.82, 2.24) is 9.88 Å². The van der Waals surface area contributed by atoms with E-state index in [0.717, 1.165) is 22.5 Å². The maximum Gasteiger partial charge on any atom is 0.254 e. The zero-order valence-electron chi connectivity index (χ0n) is 18.9. The van der Waals surface area contributed by atoms with Gasteiger partial charge in [0.25, 0.3) is 5.91 Å². The van der Waals surface area contributed by atoms with Crippen LogP contribution < -0.4 is 5.32 Å². The van der Waals surface area contributed by atoms with Gasteiger partial charge in [0.15, 0.2) is 0 Å². The molecule has 1 amide bonds. The normalized spacial score (nSPS) is 14.3. The van der Waals surface area contributed by atoms with E-state index in [1.165, 1.54) is 16.7 Å². The number of nitrogens with zero attached hydrogens (tertiary/aromatic N) is 2. The summed E-state index contributed by atoms with van der Waals surface area (Å²) in [5.41, 5.74) is 7.61. The fraction of sp³-hybridized carbons (Fsp3) is 0.259. The van der Waals surface area contributed by atoms with E-state index < -0.39 is 0 Å². The van der Waals surface area contributed by atoms with Crippen molar-refractivity contribution < 1.29 is 9.53 Å². The molecule has 0 radical (unpaired) electrons. The Bertz CT molecular complexity index is 1130. The van der Waals surface area contributed by atoms with E-state index in [-0.39, 0.29) is 5.91 Å². The summed E-state index contributed by atoms with van der Waals surface area (Å²) in [6.45, 7) is 8.85. The Morgan fingerprint density at radius 1 is 1.03 bits per heavy atom. The molecular weight excluding hydrogens is 398 g/mol. The number of ether oxygens (including phenoxy) is 1. The lowest BCUT2D eigenvalue weighted by molar-refractivity contribution is 0.0303. The SMILES string of the molecule is C/C(=C\Nc1ccc(-c2cccc(C(=O)N3CCOCC3)c2)cn1)c1cccc(C)c1C. The van der Waals surface area contributed by atoms with Crippen LogP contribution in [0.3, 0.4) is 0 Å². The number of morpholine rings is 1. The highest BCUT2D eigenvalue weighted by atomic mass is 16.5. The van der Waals surface area contributed by atoms with E-state index >= 15 is 0 Å². The van der Waals surface area contributed by atoms with Crippen molar-refractivity contribution in [3.8, 4) is 11.1 Å². The van der Waals surface area contributed by atoms with E-state index in [9.17, 15) is 4.79 Å². The van der Waals surface area contributed by atoms with Crippen molar-refractivity contribution in [3.63, 3.8) is 0 Å². The number of pyridine rings is 1. The number of hydrogen-bond donors (Lipinski definition) is 1. The van der Waals surface area contributed by atoms with Crippen LogP contribution in [-0.2, 0) is 4.74 Å². The van der Waals surface area contributed by atoms with Gasteiger partial charge in [-0.2, -0.15) is 0 Å². The summed E-state index contributed by atoms with van der Waals surface area (Å²) in [5, 5.41) is 3.30. The molecule has 3 aromatic rings. The van der Waals surface area contributed by atoms with Crippen molar-refractivity contribution in [2.24, 2.45) is 0 Å². The van der Waals surface area contributed by atoms with Gasteiger partial charge in [0.2, 0.25) is 0 Å². The Morgan fingerprint density at radius 3 is 2.56 bits per heavy atom. The zero-order chi connectivity index (χ0) is 22.5. The van der Waals surface area contributed by atoms with Gasteiger partial charge in [-0.05, 0) is 72.9 Å². The summed E-state index contributed by atoms with van der Waals surface area (Å²) >= 11 is 0. The first-order valence-corrected chi connectivity index (χ1v) is 11.0. The second-order valence-electron chi connectivity index (χ2n) is 8.14. The van der Waals surface area contributed by atoms with E-state index in [0.29, 0.717) is 31.9 Å². The Balaban J connectivity index is 1.47. The molecule has 1 N–H and O–H groups in total. The molecule has 2 aromatic carbocycles. The van der Waals surface area contributed by atoms with Gasteiger partial charge in [0.05, 0.1) is 13.2 Å².